The average Bonchev–Trinajstić information content (AvgIpc) is 3.26. The van der Waals surface area contributed by atoms with Gasteiger partial charge in [0.25, 0.3) is 10.0 Å². The minimum Gasteiger partial charge on any atom is -0.340 e. The molecule has 7 nitrogen and oxygen atoms in total. The summed E-state index contributed by atoms with van der Waals surface area (Å²) < 4.78 is 31.9. The summed E-state index contributed by atoms with van der Waals surface area (Å²) in [6.45, 7) is 3.61. The molecule has 154 valence electrons. The number of nitrogens with zero attached hydrogens (tertiary/aromatic N) is 4. The smallest absolute Gasteiger partial charge is 0.262 e. The highest BCUT2D eigenvalue weighted by atomic mass is 32.2. The van der Waals surface area contributed by atoms with Crippen LogP contribution in [0.1, 0.15) is 11.4 Å². The largest absolute Gasteiger partial charge is 0.340 e. The maximum atomic E-state index is 12.8. The van der Waals surface area contributed by atoms with Gasteiger partial charge in [-0.2, -0.15) is 5.10 Å². The lowest BCUT2D eigenvalue weighted by Crippen LogP contribution is -2.14. The third-order valence-corrected chi connectivity index (χ3v) is 6.47. The van der Waals surface area contributed by atoms with E-state index in [9.17, 15) is 8.42 Å². The molecule has 8 heteroatoms. The van der Waals surface area contributed by atoms with E-state index in [0.29, 0.717) is 11.4 Å². The quantitative estimate of drug-likeness (QED) is 0.530. The van der Waals surface area contributed by atoms with Gasteiger partial charge in [-0.15, -0.1) is 0 Å². The summed E-state index contributed by atoms with van der Waals surface area (Å²) in [5.41, 5.74) is 5.75. The van der Waals surface area contributed by atoms with Crippen molar-refractivity contribution in [2.24, 2.45) is 14.1 Å². The molecule has 0 aliphatic carbocycles. The zero-order valence-electron chi connectivity index (χ0n) is 17.3. The van der Waals surface area contributed by atoms with Crippen molar-refractivity contribution in [2.45, 2.75) is 18.7 Å². The van der Waals surface area contributed by atoms with Gasteiger partial charge < -0.3 is 4.57 Å². The van der Waals surface area contributed by atoms with Gasteiger partial charge in [-0.1, -0.05) is 30.3 Å². The van der Waals surface area contributed by atoms with Crippen LogP contribution in [0.5, 0.6) is 0 Å². The predicted octanol–water partition coefficient (Wildman–Crippen LogP) is 3.91. The molecule has 0 atom stereocenters. The van der Waals surface area contributed by atoms with Crippen LogP contribution in [-0.2, 0) is 24.1 Å². The van der Waals surface area contributed by atoms with E-state index in [0.717, 1.165) is 28.1 Å². The van der Waals surface area contributed by atoms with Crippen LogP contribution in [0.2, 0.25) is 0 Å². The minimum absolute atomic E-state index is 0.204. The second-order valence-corrected chi connectivity index (χ2v) is 8.99. The fourth-order valence-electron chi connectivity index (χ4n) is 3.36. The molecular formula is C22H23N5O2S. The van der Waals surface area contributed by atoms with E-state index in [1.165, 1.54) is 0 Å². The zero-order valence-corrected chi connectivity index (χ0v) is 18.1. The minimum atomic E-state index is -3.71. The maximum Gasteiger partial charge on any atom is 0.262 e. The Morgan fingerprint density at radius 3 is 2.23 bits per heavy atom. The number of anilines is 1. The summed E-state index contributed by atoms with van der Waals surface area (Å²) in [5.74, 6) is 0. The number of sulfonamides is 1. The monoisotopic (exact) mass is 421 g/mol. The second kappa shape index (κ2) is 7.46. The summed E-state index contributed by atoms with van der Waals surface area (Å²) in [7, 11) is 0.00988. The van der Waals surface area contributed by atoms with Crippen LogP contribution in [0.4, 0.5) is 5.69 Å². The molecule has 0 saturated carbocycles. The molecule has 4 rings (SSSR count). The van der Waals surface area contributed by atoms with E-state index in [4.69, 9.17) is 0 Å². The lowest BCUT2D eigenvalue weighted by molar-refractivity contribution is 0.601. The van der Waals surface area contributed by atoms with Gasteiger partial charge in [0.15, 0.2) is 0 Å². The standard InChI is InChI=1S/C22H23N5O2S/c1-15-22(16(2)27(4)24-15)25-30(28,29)20-10-8-17(9-11-20)18-6-5-7-19(12-18)21-13-26(3)14-23-21/h5-14,25H,1-4H3. The SMILES string of the molecule is Cc1nn(C)c(C)c1NS(=O)(=O)c1ccc(-c2cccc(-c3cn(C)cn3)c2)cc1. The van der Waals surface area contributed by atoms with E-state index in [1.807, 2.05) is 61.1 Å². The van der Waals surface area contributed by atoms with E-state index < -0.39 is 10.0 Å². The summed E-state index contributed by atoms with van der Waals surface area (Å²) in [5, 5.41) is 4.26. The molecule has 0 aliphatic heterocycles. The highest BCUT2D eigenvalue weighted by molar-refractivity contribution is 7.92. The van der Waals surface area contributed by atoms with Crippen molar-refractivity contribution in [3.05, 3.63) is 72.4 Å². The summed E-state index contributed by atoms with van der Waals surface area (Å²) in [6.07, 6.45) is 3.73. The first-order valence-corrected chi connectivity index (χ1v) is 10.9. The Kier molecular flexibility index (Phi) is 4.95. The lowest BCUT2D eigenvalue weighted by Gasteiger charge is -2.10. The van der Waals surface area contributed by atoms with Gasteiger partial charge in [-0.25, -0.2) is 13.4 Å². The van der Waals surface area contributed by atoms with Gasteiger partial charge >= 0.3 is 0 Å². The van der Waals surface area contributed by atoms with Gasteiger partial charge in [-0.05, 0) is 43.2 Å². The van der Waals surface area contributed by atoms with Crippen LogP contribution in [0.3, 0.4) is 0 Å². The summed E-state index contributed by atoms with van der Waals surface area (Å²) in [6, 6.07) is 14.9. The van der Waals surface area contributed by atoms with Crippen molar-refractivity contribution in [2.75, 3.05) is 4.72 Å². The highest BCUT2D eigenvalue weighted by Crippen LogP contribution is 2.27. The number of hydrogen-bond donors (Lipinski definition) is 1. The van der Waals surface area contributed by atoms with Crippen LogP contribution in [0.25, 0.3) is 22.4 Å². The predicted molar refractivity (Wildman–Crippen MR) is 118 cm³/mol. The van der Waals surface area contributed by atoms with Crippen molar-refractivity contribution in [3.8, 4) is 22.4 Å². The first kappa shape index (κ1) is 19.9. The van der Waals surface area contributed by atoms with Crippen LogP contribution >= 0.6 is 0 Å². The molecule has 0 spiro atoms. The van der Waals surface area contributed by atoms with E-state index in [-0.39, 0.29) is 4.90 Å². The lowest BCUT2D eigenvalue weighted by atomic mass is 10.0. The highest BCUT2D eigenvalue weighted by Gasteiger charge is 2.19. The number of aromatic nitrogens is 4. The molecule has 0 radical (unpaired) electrons. The van der Waals surface area contributed by atoms with Crippen molar-refractivity contribution >= 4 is 15.7 Å². The molecule has 0 aliphatic rings. The molecule has 0 bridgehead atoms. The molecule has 0 unspecified atom stereocenters. The maximum absolute atomic E-state index is 12.8. The van der Waals surface area contributed by atoms with Gasteiger partial charge in [0.1, 0.15) is 0 Å². The van der Waals surface area contributed by atoms with Crippen molar-refractivity contribution in [1.29, 1.82) is 0 Å². The number of rotatable bonds is 5. The van der Waals surface area contributed by atoms with Crippen LogP contribution in [0.15, 0.2) is 66.0 Å². The molecule has 4 aromatic rings. The average molecular weight is 422 g/mol. The van der Waals surface area contributed by atoms with Crippen molar-refractivity contribution in [1.82, 2.24) is 19.3 Å². The Hall–Kier alpha value is -3.39. The van der Waals surface area contributed by atoms with Crippen molar-refractivity contribution < 1.29 is 8.42 Å². The molecule has 2 heterocycles. The molecule has 30 heavy (non-hydrogen) atoms. The summed E-state index contributed by atoms with van der Waals surface area (Å²) >= 11 is 0. The Balaban J connectivity index is 1.61. The topological polar surface area (TPSA) is 81.8 Å². The van der Waals surface area contributed by atoms with Crippen LogP contribution < -0.4 is 4.72 Å². The van der Waals surface area contributed by atoms with Gasteiger partial charge in [0.05, 0.1) is 34.0 Å². The zero-order chi connectivity index (χ0) is 21.5. The third kappa shape index (κ3) is 3.73. The second-order valence-electron chi connectivity index (χ2n) is 7.30. The van der Waals surface area contributed by atoms with Gasteiger partial charge in [0.2, 0.25) is 0 Å². The molecule has 1 N–H and O–H groups in total. The van der Waals surface area contributed by atoms with Gasteiger partial charge in [-0.3, -0.25) is 9.40 Å². The first-order chi connectivity index (χ1) is 14.2. The Labute approximate surface area is 176 Å². The van der Waals surface area contributed by atoms with E-state index in [2.05, 4.69) is 14.8 Å². The van der Waals surface area contributed by atoms with Crippen LogP contribution in [0, 0.1) is 13.8 Å². The number of aryl methyl sites for hydroxylation is 3. The van der Waals surface area contributed by atoms with Gasteiger partial charge in [0, 0.05) is 25.9 Å². The third-order valence-electron chi connectivity index (χ3n) is 5.11. The molecular weight excluding hydrogens is 398 g/mol. The fourth-order valence-corrected chi connectivity index (χ4v) is 4.54. The Morgan fingerprint density at radius 1 is 0.933 bits per heavy atom. The van der Waals surface area contributed by atoms with Crippen LogP contribution in [-0.4, -0.2) is 27.7 Å². The number of nitrogens with one attached hydrogen (secondary N) is 1. The van der Waals surface area contributed by atoms with Crippen molar-refractivity contribution in [3.63, 3.8) is 0 Å². The Morgan fingerprint density at radius 2 is 1.63 bits per heavy atom. The number of benzene rings is 2. The summed E-state index contributed by atoms with van der Waals surface area (Å²) in [4.78, 5) is 4.60. The molecule has 0 saturated heterocycles. The normalized spacial score (nSPS) is 11.6. The van der Waals surface area contributed by atoms with E-state index >= 15 is 0 Å². The Bertz CT molecular complexity index is 1320. The molecule has 0 amide bonds. The first-order valence-electron chi connectivity index (χ1n) is 9.46. The molecule has 2 aromatic carbocycles. The molecule has 0 fully saturated rings. The number of imidazole rings is 1. The number of hydrogen-bond acceptors (Lipinski definition) is 4. The molecule has 2 aromatic heterocycles. The fraction of sp³-hybridized carbons (Fsp3) is 0.182. The van der Waals surface area contributed by atoms with E-state index in [1.54, 1.807) is 37.1 Å².